The molecule has 0 radical (unpaired) electrons. The summed E-state index contributed by atoms with van der Waals surface area (Å²) < 4.78 is 35.9. The predicted molar refractivity (Wildman–Crippen MR) is 195 cm³/mol. The fourth-order valence-electron chi connectivity index (χ4n) is 4.71. The minimum absolute atomic E-state index is 0.0114. The van der Waals surface area contributed by atoms with Gasteiger partial charge < -0.3 is 41.6 Å². The number of halogens is 3. The topological polar surface area (TPSA) is 139 Å². The van der Waals surface area contributed by atoms with Crippen molar-refractivity contribution in [2.24, 2.45) is 5.73 Å². The van der Waals surface area contributed by atoms with E-state index in [0.717, 1.165) is 95.2 Å². The van der Waals surface area contributed by atoms with Gasteiger partial charge in [-0.2, -0.15) is 0 Å². The maximum absolute atomic E-state index is 12.8. The third kappa shape index (κ3) is 18.3. The van der Waals surface area contributed by atoms with Crippen molar-refractivity contribution < 1.29 is 23.4 Å². The standard InChI is InChI=1S/C18H22ClF2N3O.C18H34N4O2/c1-4-13-10-16(24-17(19)22-13)23-15(5-2)12-6-8-14(9-7-12)25-11-18(3,20)21;1-24-18-14-16(6-7-17(18)23)15-22-13-5-12-21-10-3-2-9-20-11-4-8-19/h6-10,15H,4-5,11H2,1-3H3,(H,22,23,24);6-7,14,20-23H,2-5,8-13,15,19H2,1H3. The van der Waals surface area contributed by atoms with Gasteiger partial charge in [-0.25, -0.2) is 18.7 Å². The van der Waals surface area contributed by atoms with Gasteiger partial charge in [-0.15, -0.1) is 0 Å². The Morgan fingerprint density at radius 3 is 2.16 bits per heavy atom. The number of phenolic OH excluding ortho intramolecular Hbond substituents is 1. The summed E-state index contributed by atoms with van der Waals surface area (Å²) >= 11 is 5.95. The highest BCUT2D eigenvalue weighted by atomic mass is 35.5. The summed E-state index contributed by atoms with van der Waals surface area (Å²) in [6.07, 6.45) is 6.15. The van der Waals surface area contributed by atoms with E-state index in [1.165, 1.54) is 12.8 Å². The monoisotopic (exact) mass is 707 g/mol. The quantitative estimate of drug-likeness (QED) is 0.0480. The van der Waals surface area contributed by atoms with Gasteiger partial charge in [0, 0.05) is 25.2 Å². The van der Waals surface area contributed by atoms with Crippen LogP contribution in [0.2, 0.25) is 5.28 Å². The van der Waals surface area contributed by atoms with Crippen LogP contribution >= 0.6 is 11.6 Å². The molecule has 1 aromatic heterocycles. The van der Waals surface area contributed by atoms with Crippen LogP contribution in [0.25, 0.3) is 0 Å². The molecule has 0 fully saturated rings. The molecule has 1 heterocycles. The Balaban J connectivity index is 0.000000341. The zero-order valence-corrected chi connectivity index (χ0v) is 30.2. The fraction of sp³-hybridized carbons (Fsp3) is 0.556. The van der Waals surface area contributed by atoms with E-state index in [9.17, 15) is 13.9 Å². The van der Waals surface area contributed by atoms with E-state index in [1.54, 1.807) is 25.3 Å². The number of aryl methyl sites for hydroxylation is 1. The number of hydrogen-bond donors (Lipinski definition) is 6. The molecule has 49 heavy (non-hydrogen) atoms. The predicted octanol–water partition coefficient (Wildman–Crippen LogP) is 6.48. The molecule has 0 aliphatic carbocycles. The van der Waals surface area contributed by atoms with Crippen molar-refractivity contribution in [3.05, 3.63) is 70.6 Å². The number of aromatic hydroxyl groups is 1. The molecule has 10 nitrogen and oxygen atoms in total. The molecule has 0 saturated heterocycles. The molecule has 0 aliphatic heterocycles. The van der Waals surface area contributed by atoms with Gasteiger partial charge in [0.25, 0.3) is 5.92 Å². The van der Waals surface area contributed by atoms with Gasteiger partial charge in [0.2, 0.25) is 5.28 Å². The lowest BCUT2D eigenvalue weighted by molar-refractivity contribution is -0.0229. The molecule has 7 N–H and O–H groups in total. The molecule has 0 saturated carbocycles. The van der Waals surface area contributed by atoms with E-state index in [1.807, 2.05) is 44.2 Å². The van der Waals surface area contributed by atoms with Crippen LogP contribution in [0.3, 0.4) is 0 Å². The normalized spacial score (nSPS) is 11.8. The molecule has 2 aromatic carbocycles. The number of benzene rings is 2. The van der Waals surface area contributed by atoms with Crippen molar-refractivity contribution >= 4 is 17.4 Å². The van der Waals surface area contributed by atoms with E-state index >= 15 is 0 Å². The zero-order valence-electron chi connectivity index (χ0n) is 29.5. The first-order valence-electron chi connectivity index (χ1n) is 17.2. The van der Waals surface area contributed by atoms with Crippen LogP contribution in [0, 0.1) is 0 Å². The van der Waals surface area contributed by atoms with Gasteiger partial charge in [-0.05, 0) is 125 Å². The van der Waals surface area contributed by atoms with Crippen molar-refractivity contribution in [3.8, 4) is 17.2 Å². The molecule has 13 heteroatoms. The van der Waals surface area contributed by atoms with Crippen molar-refractivity contribution in [3.63, 3.8) is 0 Å². The van der Waals surface area contributed by atoms with Crippen LogP contribution in [0.15, 0.2) is 48.5 Å². The number of anilines is 1. The Bertz CT molecular complexity index is 1320. The first-order chi connectivity index (χ1) is 23.6. The Labute approximate surface area is 295 Å². The van der Waals surface area contributed by atoms with Crippen LogP contribution in [0.4, 0.5) is 14.6 Å². The minimum Gasteiger partial charge on any atom is -0.504 e. The van der Waals surface area contributed by atoms with Crippen LogP contribution in [0.1, 0.15) is 75.7 Å². The lowest BCUT2D eigenvalue weighted by Gasteiger charge is -2.19. The van der Waals surface area contributed by atoms with Crippen LogP contribution < -0.4 is 36.5 Å². The van der Waals surface area contributed by atoms with Gasteiger partial charge >= 0.3 is 0 Å². The molecule has 0 amide bonds. The Morgan fingerprint density at radius 1 is 0.898 bits per heavy atom. The van der Waals surface area contributed by atoms with Crippen molar-refractivity contribution in [1.29, 1.82) is 0 Å². The maximum atomic E-state index is 12.8. The van der Waals surface area contributed by atoms with E-state index in [0.29, 0.717) is 17.3 Å². The van der Waals surface area contributed by atoms with E-state index in [-0.39, 0.29) is 17.1 Å². The summed E-state index contributed by atoms with van der Waals surface area (Å²) in [6.45, 7) is 11.0. The third-order valence-corrected chi connectivity index (χ3v) is 7.58. The second kappa shape index (κ2) is 24.0. The number of hydrogen-bond acceptors (Lipinski definition) is 10. The number of ether oxygens (including phenoxy) is 2. The highest BCUT2D eigenvalue weighted by molar-refractivity contribution is 6.28. The fourth-order valence-corrected chi connectivity index (χ4v) is 4.91. The van der Waals surface area contributed by atoms with Gasteiger partial charge in [0.05, 0.1) is 13.2 Å². The Hall–Kier alpha value is -3.29. The number of nitrogens with one attached hydrogen (secondary N) is 4. The molecule has 1 atom stereocenters. The lowest BCUT2D eigenvalue weighted by Crippen LogP contribution is -2.24. The largest absolute Gasteiger partial charge is 0.504 e. The van der Waals surface area contributed by atoms with Gasteiger partial charge in [-0.1, -0.05) is 32.0 Å². The minimum atomic E-state index is -2.85. The zero-order chi connectivity index (χ0) is 35.9. The summed E-state index contributed by atoms with van der Waals surface area (Å²) in [4.78, 5) is 8.35. The maximum Gasteiger partial charge on any atom is 0.278 e. The Kier molecular flexibility index (Phi) is 20.5. The summed E-state index contributed by atoms with van der Waals surface area (Å²) in [5.74, 6) is -1.07. The van der Waals surface area contributed by atoms with E-state index in [4.69, 9.17) is 26.8 Å². The lowest BCUT2D eigenvalue weighted by atomic mass is 10.0. The first kappa shape index (κ1) is 41.9. The molecule has 0 spiro atoms. The number of nitrogens with two attached hydrogens (primary N) is 1. The molecular formula is C36H56ClF2N7O3. The smallest absolute Gasteiger partial charge is 0.278 e. The molecule has 0 aliphatic rings. The molecule has 0 bridgehead atoms. The molecule has 1 unspecified atom stereocenters. The SMILES string of the molecule is CCc1cc(NC(CC)c2ccc(OCC(C)(F)F)cc2)nc(Cl)n1.COc1cc(CNCCCNCCCCNCCCN)ccc1O. The number of methoxy groups -OCH3 is 1. The first-order valence-corrected chi connectivity index (χ1v) is 17.5. The number of phenols is 1. The molecular weight excluding hydrogens is 652 g/mol. The van der Waals surface area contributed by atoms with Crippen molar-refractivity contribution in [1.82, 2.24) is 25.9 Å². The highest BCUT2D eigenvalue weighted by Crippen LogP contribution is 2.27. The molecule has 3 aromatic rings. The molecule has 274 valence electrons. The van der Waals surface area contributed by atoms with E-state index in [2.05, 4.69) is 31.2 Å². The summed E-state index contributed by atoms with van der Waals surface area (Å²) in [7, 11) is 1.56. The summed E-state index contributed by atoms with van der Waals surface area (Å²) in [5, 5.41) is 23.4. The van der Waals surface area contributed by atoms with Crippen LogP contribution in [0.5, 0.6) is 17.2 Å². The average molecular weight is 708 g/mol. The number of rotatable bonds is 23. The highest BCUT2D eigenvalue weighted by Gasteiger charge is 2.22. The molecule has 3 rings (SSSR count). The average Bonchev–Trinajstić information content (AvgIpc) is 3.09. The summed E-state index contributed by atoms with van der Waals surface area (Å²) in [6, 6.07) is 14.4. The Morgan fingerprint density at radius 2 is 1.55 bits per heavy atom. The van der Waals surface area contributed by atoms with Crippen LogP contribution in [-0.4, -0.2) is 74.0 Å². The number of alkyl halides is 2. The van der Waals surface area contributed by atoms with Crippen molar-refractivity contribution in [2.75, 3.05) is 58.3 Å². The number of aromatic nitrogens is 2. The number of unbranched alkanes of at least 4 members (excludes halogenated alkanes) is 1. The third-order valence-electron chi connectivity index (χ3n) is 7.41. The van der Waals surface area contributed by atoms with Crippen LogP contribution in [-0.2, 0) is 13.0 Å². The second-order valence-electron chi connectivity index (χ2n) is 11.8. The van der Waals surface area contributed by atoms with Gasteiger partial charge in [0.15, 0.2) is 18.1 Å². The second-order valence-corrected chi connectivity index (χ2v) is 12.1. The van der Waals surface area contributed by atoms with Crippen molar-refractivity contribution in [2.45, 2.75) is 77.8 Å². The van der Waals surface area contributed by atoms with Gasteiger partial charge in [0.1, 0.15) is 11.6 Å². The number of nitrogens with zero attached hydrogens (tertiary/aromatic N) is 2. The summed E-state index contributed by atoms with van der Waals surface area (Å²) in [5.41, 5.74) is 8.42. The van der Waals surface area contributed by atoms with E-state index < -0.39 is 12.5 Å². The van der Waals surface area contributed by atoms with Gasteiger partial charge in [-0.3, -0.25) is 0 Å².